The third kappa shape index (κ3) is 3.90. The molecular weight excluding hydrogens is 498 g/mol. The smallest absolute Gasteiger partial charge is 0.319 e. The first kappa shape index (κ1) is 25.4. The van der Waals surface area contributed by atoms with Gasteiger partial charge < -0.3 is 14.5 Å². The highest BCUT2D eigenvalue weighted by atomic mass is 28.4. The van der Waals surface area contributed by atoms with Crippen LogP contribution in [0, 0.1) is 0 Å². The Morgan fingerprint density at radius 1 is 0.795 bits per heavy atom. The predicted octanol–water partition coefficient (Wildman–Crippen LogP) is 6.42. The Morgan fingerprint density at radius 3 is 2.00 bits per heavy atom. The molecule has 0 saturated carbocycles. The van der Waals surface area contributed by atoms with Crippen molar-refractivity contribution in [3.63, 3.8) is 0 Å². The number of benzene rings is 4. The monoisotopic (exact) mass is 533 g/mol. The molecule has 4 aromatic carbocycles. The van der Waals surface area contributed by atoms with Crippen molar-refractivity contribution in [2.75, 3.05) is 5.32 Å². The van der Waals surface area contributed by atoms with Crippen molar-refractivity contribution in [1.82, 2.24) is 0 Å². The fourth-order valence-corrected chi connectivity index (χ4v) is 11.1. The molecule has 0 aromatic heterocycles. The first-order chi connectivity index (χ1) is 18.6. The minimum atomic E-state index is -2.82. The molecule has 2 aliphatic heterocycles. The van der Waals surface area contributed by atoms with Gasteiger partial charge in [0.2, 0.25) is 5.91 Å². The summed E-state index contributed by atoms with van der Waals surface area (Å²) in [6.07, 6.45) is 0.560. The van der Waals surface area contributed by atoms with Crippen molar-refractivity contribution in [3.8, 4) is 11.5 Å². The third-order valence-electron chi connectivity index (χ3n) is 8.20. The summed E-state index contributed by atoms with van der Waals surface area (Å²) in [6.45, 7) is 10.9. The van der Waals surface area contributed by atoms with Gasteiger partial charge in [0.25, 0.3) is 0 Å². The molecule has 6 rings (SSSR count). The SMILES string of the molecule is CC1(C)CC2(C(=O)Nc3ccccc32)c2ccc(O[Si](c3ccccc3)(c3ccccc3)C(C)(C)C)cc2O1. The average molecular weight is 534 g/mol. The van der Waals surface area contributed by atoms with Gasteiger partial charge in [0, 0.05) is 23.7 Å². The highest BCUT2D eigenvalue weighted by Crippen LogP contribution is 2.54. The molecule has 5 heteroatoms. The Kier molecular flexibility index (Phi) is 5.77. The van der Waals surface area contributed by atoms with Crippen LogP contribution in [0.3, 0.4) is 0 Å². The van der Waals surface area contributed by atoms with Gasteiger partial charge >= 0.3 is 8.32 Å². The van der Waals surface area contributed by atoms with Gasteiger partial charge in [-0.2, -0.15) is 0 Å². The maximum atomic E-state index is 13.7. The van der Waals surface area contributed by atoms with E-state index in [4.69, 9.17) is 9.16 Å². The number of fused-ring (bicyclic) bond motifs is 4. The summed E-state index contributed by atoms with van der Waals surface area (Å²) in [5.41, 5.74) is 1.42. The average Bonchev–Trinajstić information content (AvgIpc) is 3.17. The molecule has 0 fully saturated rings. The normalized spacial score (nSPS) is 19.6. The molecule has 2 aliphatic rings. The standard InChI is InChI=1S/C34H35NO3Si/c1-32(2,3)39(25-14-8-6-9-15-25,26-16-10-7-11-17-26)38-24-20-21-28-30(22-24)37-33(4,5)23-34(28)27-18-12-13-19-29(27)35-31(34)36/h6-22H,23H2,1-5H3,(H,35,36). The zero-order chi connectivity index (χ0) is 27.5. The van der Waals surface area contributed by atoms with Gasteiger partial charge in [-0.25, -0.2) is 0 Å². The largest absolute Gasteiger partial charge is 0.534 e. The maximum absolute atomic E-state index is 13.7. The molecule has 0 aliphatic carbocycles. The van der Waals surface area contributed by atoms with E-state index in [9.17, 15) is 4.79 Å². The lowest BCUT2D eigenvalue weighted by Crippen LogP contribution is -2.68. The van der Waals surface area contributed by atoms with Gasteiger partial charge in [0.05, 0.1) is 0 Å². The summed E-state index contributed by atoms with van der Waals surface area (Å²) in [6, 6.07) is 35.3. The van der Waals surface area contributed by atoms with Crippen LogP contribution in [0.15, 0.2) is 103 Å². The van der Waals surface area contributed by atoms with Gasteiger partial charge in [0.1, 0.15) is 22.5 Å². The molecule has 1 amide bonds. The van der Waals surface area contributed by atoms with Crippen LogP contribution < -0.4 is 24.9 Å². The highest BCUT2D eigenvalue weighted by Gasteiger charge is 2.56. The van der Waals surface area contributed by atoms with Crippen LogP contribution in [-0.4, -0.2) is 19.8 Å². The van der Waals surface area contributed by atoms with E-state index in [1.807, 2.05) is 36.4 Å². The van der Waals surface area contributed by atoms with Crippen molar-refractivity contribution in [2.45, 2.75) is 57.1 Å². The minimum Gasteiger partial charge on any atom is -0.534 e. The number of carbonyl (C=O) groups excluding carboxylic acids is 1. The molecule has 1 N–H and O–H groups in total. The zero-order valence-corrected chi connectivity index (χ0v) is 24.2. The van der Waals surface area contributed by atoms with E-state index in [0.29, 0.717) is 12.2 Å². The van der Waals surface area contributed by atoms with Crippen LogP contribution in [0.1, 0.15) is 52.2 Å². The fourth-order valence-electron chi connectivity index (χ4n) is 6.66. The molecule has 4 aromatic rings. The summed E-state index contributed by atoms with van der Waals surface area (Å²) in [7, 11) is -2.82. The lowest BCUT2D eigenvalue weighted by atomic mass is 9.67. The number of amides is 1. The van der Waals surface area contributed by atoms with E-state index >= 15 is 0 Å². The lowest BCUT2D eigenvalue weighted by Gasteiger charge is -2.45. The van der Waals surface area contributed by atoms with Crippen molar-refractivity contribution < 1.29 is 14.0 Å². The summed E-state index contributed by atoms with van der Waals surface area (Å²) >= 11 is 0. The zero-order valence-electron chi connectivity index (χ0n) is 23.2. The molecule has 0 saturated heterocycles. The number of hydrogen-bond donors (Lipinski definition) is 1. The second-order valence-electron chi connectivity index (χ2n) is 12.4. The van der Waals surface area contributed by atoms with Gasteiger partial charge in [-0.05, 0) is 47.0 Å². The number of ether oxygens (including phenoxy) is 1. The lowest BCUT2D eigenvalue weighted by molar-refractivity contribution is -0.122. The molecule has 0 radical (unpaired) electrons. The summed E-state index contributed by atoms with van der Waals surface area (Å²) in [4.78, 5) is 13.7. The van der Waals surface area contributed by atoms with Gasteiger partial charge in [-0.1, -0.05) is 106 Å². The molecule has 1 atom stereocenters. The molecule has 1 unspecified atom stereocenters. The number of hydrogen-bond acceptors (Lipinski definition) is 3. The number of rotatable bonds is 4. The van der Waals surface area contributed by atoms with Crippen LogP contribution >= 0.6 is 0 Å². The Balaban J connectivity index is 1.53. The van der Waals surface area contributed by atoms with Gasteiger partial charge in [0.15, 0.2) is 0 Å². The quantitative estimate of drug-likeness (QED) is 0.308. The second kappa shape index (κ2) is 8.85. The molecule has 198 valence electrons. The summed E-state index contributed by atoms with van der Waals surface area (Å²) in [5, 5.41) is 5.39. The van der Waals surface area contributed by atoms with E-state index in [1.54, 1.807) is 0 Å². The van der Waals surface area contributed by atoms with E-state index in [1.165, 1.54) is 10.4 Å². The van der Waals surface area contributed by atoms with Crippen molar-refractivity contribution in [2.24, 2.45) is 0 Å². The van der Waals surface area contributed by atoms with Crippen LogP contribution in [0.4, 0.5) is 5.69 Å². The molecule has 39 heavy (non-hydrogen) atoms. The fraction of sp³-hybridized carbons (Fsp3) is 0.265. The van der Waals surface area contributed by atoms with Gasteiger partial charge in [-0.3, -0.25) is 4.79 Å². The topological polar surface area (TPSA) is 47.6 Å². The molecule has 0 bridgehead atoms. The Morgan fingerprint density at radius 2 is 1.38 bits per heavy atom. The van der Waals surface area contributed by atoms with Crippen molar-refractivity contribution >= 4 is 30.3 Å². The summed E-state index contributed by atoms with van der Waals surface area (Å²) < 4.78 is 13.9. The van der Waals surface area contributed by atoms with Gasteiger partial charge in [-0.15, -0.1) is 0 Å². The molecule has 2 heterocycles. The number of nitrogens with one attached hydrogen (secondary N) is 1. The highest BCUT2D eigenvalue weighted by molar-refractivity contribution is 7.00. The molecular formula is C34H35NO3Si. The number of anilines is 1. The summed E-state index contributed by atoms with van der Waals surface area (Å²) in [5.74, 6) is 1.46. The third-order valence-corrected chi connectivity index (χ3v) is 13.1. The number of carbonyl (C=O) groups is 1. The van der Waals surface area contributed by atoms with Crippen LogP contribution in [0.2, 0.25) is 5.04 Å². The van der Waals surface area contributed by atoms with E-state index in [-0.39, 0.29) is 10.9 Å². The van der Waals surface area contributed by atoms with Crippen molar-refractivity contribution in [3.05, 3.63) is 114 Å². The minimum absolute atomic E-state index is 0.00183. The second-order valence-corrected chi connectivity index (χ2v) is 16.6. The van der Waals surface area contributed by atoms with Crippen LogP contribution in [0.25, 0.3) is 0 Å². The first-order valence-electron chi connectivity index (χ1n) is 13.6. The maximum Gasteiger partial charge on any atom is 0.319 e. The Bertz CT molecular complexity index is 1500. The van der Waals surface area contributed by atoms with Crippen molar-refractivity contribution in [1.29, 1.82) is 0 Å². The number of para-hydroxylation sites is 1. The molecule has 1 spiro atoms. The first-order valence-corrected chi connectivity index (χ1v) is 15.5. The predicted molar refractivity (Wildman–Crippen MR) is 160 cm³/mol. The Hall–Kier alpha value is -3.83. The Labute approximate surface area is 232 Å². The van der Waals surface area contributed by atoms with Crippen LogP contribution in [-0.2, 0) is 10.2 Å². The molecule has 4 nitrogen and oxygen atoms in total. The van der Waals surface area contributed by atoms with E-state index in [2.05, 4.69) is 107 Å². The van der Waals surface area contributed by atoms with E-state index in [0.717, 1.165) is 22.6 Å². The van der Waals surface area contributed by atoms with Crippen LogP contribution in [0.5, 0.6) is 11.5 Å². The van der Waals surface area contributed by atoms with E-state index < -0.39 is 19.3 Å².